The fourth-order valence-electron chi connectivity index (χ4n) is 3.01. The SMILES string of the molecule is CC[C@@H](C)c1ccccc1NC(=O)COc1c(Cl)cc(Cl)c2ccc(C)nc12. The summed E-state index contributed by atoms with van der Waals surface area (Å²) in [5.74, 6) is 0.442. The number of carbonyl (C=O) groups is 1. The van der Waals surface area contributed by atoms with E-state index in [-0.39, 0.29) is 12.5 Å². The zero-order valence-corrected chi connectivity index (χ0v) is 17.6. The van der Waals surface area contributed by atoms with Gasteiger partial charge in [-0.15, -0.1) is 0 Å². The third-order valence-corrected chi connectivity index (χ3v) is 5.30. The fraction of sp³-hybridized carbons (Fsp3) is 0.273. The molecule has 146 valence electrons. The number of ether oxygens (including phenoxy) is 1. The highest BCUT2D eigenvalue weighted by Gasteiger charge is 2.16. The lowest BCUT2D eigenvalue weighted by Crippen LogP contribution is -2.21. The molecular formula is C22H22Cl2N2O2. The van der Waals surface area contributed by atoms with Crippen molar-refractivity contribution >= 4 is 45.7 Å². The molecule has 28 heavy (non-hydrogen) atoms. The van der Waals surface area contributed by atoms with Crippen LogP contribution < -0.4 is 10.1 Å². The number of nitrogens with one attached hydrogen (secondary N) is 1. The summed E-state index contributed by atoms with van der Waals surface area (Å²) in [5.41, 5.74) is 3.25. The number of fused-ring (bicyclic) bond motifs is 1. The highest BCUT2D eigenvalue weighted by atomic mass is 35.5. The third-order valence-electron chi connectivity index (χ3n) is 4.70. The predicted molar refractivity (Wildman–Crippen MR) is 116 cm³/mol. The number of amides is 1. The summed E-state index contributed by atoms with van der Waals surface area (Å²) < 4.78 is 5.76. The van der Waals surface area contributed by atoms with Crippen LogP contribution in [0.4, 0.5) is 5.69 Å². The van der Waals surface area contributed by atoms with E-state index in [1.54, 1.807) is 6.07 Å². The molecule has 0 aliphatic rings. The number of para-hydroxylation sites is 1. The van der Waals surface area contributed by atoms with Crippen molar-refractivity contribution in [2.75, 3.05) is 11.9 Å². The van der Waals surface area contributed by atoms with E-state index in [0.717, 1.165) is 28.8 Å². The first-order valence-electron chi connectivity index (χ1n) is 9.17. The average Bonchev–Trinajstić information content (AvgIpc) is 2.67. The smallest absolute Gasteiger partial charge is 0.262 e. The standard InChI is InChI=1S/C22H22Cl2N2O2/c1-4-13(2)15-7-5-6-8-19(15)26-20(27)12-28-22-18(24)11-17(23)16-10-9-14(3)25-21(16)22/h5-11,13H,4,12H2,1-3H3,(H,26,27)/t13-/m1/s1. The van der Waals surface area contributed by atoms with Gasteiger partial charge in [-0.25, -0.2) is 4.98 Å². The molecule has 0 bridgehead atoms. The number of carbonyl (C=O) groups excluding carboxylic acids is 1. The Morgan fingerprint density at radius 3 is 2.68 bits per heavy atom. The Balaban J connectivity index is 1.80. The minimum atomic E-state index is -0.262. The summed E-state index contributed by atoms with van der Waals surface area (Å²) in [6.45, 7) is 5.95. The van der Waals surface area contributed by atoms with Gasteiger partial charge in [-0.3, -0.25) is 4.79 Å². The van der Waals surface area contributed by atoms with E-state index in [4.69, 9.17) is 27.9 Å². The highest BCUT2D eigenvalue weighted by molar-refractivity contribution is 6.39. The van der Waals surface area contributed by atoms with Crippen molar-refractivity contribution < 1.29 is 9.53 Å². The molecular weight excluding hydrogens is 395 g/mol. The zero-order valence-electron chi connectivity index (χ0n) is 16.1. The van der Waals surface area contributed by atoms with Crippen molar-refractivity contribution in [2.45, 2.75) is 33.1 Å². The Labute approximate surface area is 174 Å². The molecule has 3 rings (SSSR count). The lowest BCUT2D eigenvalue weighted by molar-refractivity contribution is -0.118. The molecule has 1 N–H and O–H groups in total. The van der Waals surface area contributed by atoms with Crippen LogP contribution in [0, 0.1) is 6.92 Å². The van der Waals surface area contributed by atoms with E-state index in [1.807, 2.05) is 43.3 Å². The van der Waals surface area contributed by atoms with E-state index < -0.39 is 0 Å². The second kappa shape index (κ2) is 8.80. The van der Waals surface area contributed by atoms with Gasteiger partial charge in [-0.2, -0.15) is 0 Å². The molecule has 0 spiro atoms. The van der Waals surface area contributed by atoms with Crippen molar-refractivity contribution in [2.24, 2.45) is 0 Å². The zero-order chi connectivity index (χ0) is 20.3. The molecule has 3 aromatic rings. The van der Waals surface area contributed by atoms with Crippen LogP contribution in [0.25, 0.3) is 10.9 Å². The lowest BCUT2D eigenvalue weighted by Gasteiger charge is -2.16. The number of hydrogen-bond donors (Lipinski definition) is 1. The Morgan fingerprint density at radius 1 is 1.18 bits per heavy atom. The van der Waals surface area contributed by atoms with Crippen molar-refractivity contribution in [3.8, 4) is 5.75 Å². The summed E-state index contributed by atoms with van der Waals surface area (Å²) in [6.07, 6.45) is 0.987. The maximum atomic E-state index is 12.5. The molecule has 0 fully saturated rings. The summed E-state index contributed by atoms with van der Waals surface area (Å²) in [4.78, 5) is 17.0. The average molecular weight is 417 g/mol. The van der Waals surface area contributed by atoms with Gasteiger partial charge in [0.05, 0.1) is 10.0 Å². The number of pyridine rings is 1. The van der Waals surface area contributed by atoms with Gasteiger partial charge in [0.1, 0.15) is 5.52 Å². The van der Waals surface area contributed by atoms with Crippen molar-refractivity contribution in [1.82, 2.24) is 4.98 Å². The first-order valence-corrected chi connectivity index (χ1v) is 9.93. The Hall–Kier alpha value is -2.30. The molecule has 1 amide bonds. The lowest BCUT2D eigenvalue weighted by atomic mass is 9.97. The maximum Gasteiger partial charge on any atom is 0.262 e. The molecule has 1 atom stereocenters. The van der Waals surface area contributed by atoms with Gasteiger partial charge in [-0.1, -0.05) is 55.2 Å². The molecule has 0 radical (unpaired) electrons. The van der Waals surface area contributed by atoms with Gasteiger partial charge in [0, 0.05) is 16.8 Å². The molecule has 0 aliphatic carbocycles. The van der Waals surface area contributed by atoms with Crippen LogP contribution in [0.3, 0.4) is 0 Å². The number of aryl methyl sites for hydroxylation is 1. The van der Waals surface area contributed by atoms with E-state index in [1.165, 1.54) is 0 Å². The van der Waals surface area contributed by atoms with E-state index in [0.29, 0.717) is 27.2 Å². The van der Waals surface area contributed by atoms with Crippen molar-refractivity contribution in [1.29, 1.82) is 0 Å². The van der Waals surface area contributed by atoms with Crippen LogP contribution in [-0.4, -0.2) is 17.5 Å². The summed E-state index contributed by atoms with van der Waals surface area (Å²) in [7, 11) is 0. The first kappa shape index (κ1) is 20.4. The van der Waals surface area contributed by atoms with Gasteiger partial charge in [-0.05, 0) is 49.1 Å². The maximum absolute atomic E-state index is 12.5. The predicted octanol–water partition coefficient (Wildman–Crippen LogP) is 6.38. The number of nitrogens with zero attached hydrogens (tertiary/aromatic N) is 1. The molecule has 0 saturated carbocycles. The molecule has 6 heteroatoms. The summed E-state index contributed by atoms with van der Waals surface area (Å²) in [6, 6.07) is 13.1. The monoisotopic (exact) mass is 416 g/mol. The molecule has 0 saturated heterocycles. The number of benzene rings is 2. The third kappa shape index (κ3) is 4.40. The van der Waals surface area contributed by atoms with Crippen LogP contribution in [0.15, 0.2) is 42.5 Å². The minimum absolute atomic E-state index is 0.180. The minimum Gasteiger partial charge on any atom is -0.480 e. The second-order valence-corrected chi connectivity index (χ2v) is 7.57. The topological polar surface area (TPSA) is 51.2 Å². The van der Waals surface area contributed by atoms with Crippen molar-refractivity contribution in [3.05, 3.63) is 63.8 Å². The van der Waals surface area contributed by atoms with Crippen molar-refractivity contribution in [3.63, 3.8) is 0 Å². The highest BCUT2D eigenvalue weighted by Crippen LogP contribution is 2.37. The quantitative estimate of drug-likeness (QED) is 0.506. The number of hydrogen-bond acceptors (Lipinski definition) is 3. The number of anilines is 1. The number of rotatable bonds is 6. The van der Waals surface area contributed by atoms with Crippen LogP contribution in [0.1, 0.15) is 37.4 Å². The van der Waals surface area contributed by atoms with E-state index in [2.05, 4.69) is 24.1 Å². The Kier molecular flexibility index (Phi) is 6.42. The first-order chi connectivity index (χ1) is 13.4. The summed E-state index contributed by atoms with van der Waals surface area (Å²) >= 11 is 12.6. The Bertz CT molecular complexity index is 1020. The van der Waals surface area contributed by atoms with Crippen LogP contribution >= 0.6 is 23.2 Å². The summed E-state index contributed by atoms with van der Waals surface area (Å²) in [5, 5.41) is 4.48. The van der Waals surface area contributed by atoms with Crippen LogP contribution in [0.5, 0.6) is 5.75 Å². The fourth-order valence-corrected chi connectivity index (χ4v) is 3.58. The van der Waals surface area contributed by atoms with E-state index >= 15 is 0 Å². The molecule has 0 aliphatic heterocycles. The van der Waals surface area contributed by atoms with Crippen LogP contribution in [0.2, 0.25) is 10.0 Å². The molecule has 2 aromatic carbocycles. The van der Waals surface area contributed by atoms with E-state index in [9.17, 15) is 4.79 Å². The van der Waals surface area contributed by atoms with Gasteiger partial charge < -0.3 is 10.1 Å². The van der Waals surface area contributed by atoms with Gasteiger partial charge in [0.2, 0.25) is 0 Å². The Morgan fingerprint density at radius 2 is 1.93 bits per heavy atom. The number of aromatic nitrogens is 1. The largest absolute Gasteiger partial charge is 0.480 e. The number of halogens is 2. The second-order valence-electron chi connectivity index (χ2n) is 6.75. The molecule has 0 unspecified atom stereocenters. The van der Waals surface area contributed by atoms with Gasteiger partial charge in [0.25, 0.3) is 5.91 Å². The van der Waals surface area contributed by atoms with Gasteiger partial charge >= 0.3 is 0 Å². The van der Waals surface area contributed by atoms with Gasteiger partial charge in [0.15, 0.2) is 12.4 Å². The molecule has 4 nitrogen and oxygen atoms in total. The normalized spacial score (nSPS) is 12.0. The van der Waals surface area contributed by atoms with Crippen LogP contribution in [-0.2, 0) is 4.79 Å². The molecule has 1 aromatic heterocycles. The molecule has 1 heterocycles.